The maximum absolute atomic E-state index is 11.7. The summed E-state index contributed by atoms with van der Waals surface area (Å²) in [5.41, 5.74) is 5.79. The summed E-state index contributed by atoms with van der Waals surface area (Å²) in [5.74, 6) is -1.85. The predicted octanol–water partition coefficient (Wildman–Crippen LogP) is -0.765. The van der Waals surface area contributed by atoms with Crippen LogP contribution < -0.4 is 57.1 Å². The van der Waals surface area contributed by atoms with E-state index in [-0.39, 0.29) is 71.3 Å². The Bertz CT molecular complexity index is 349. The average Bonchev–Trinajstić information content (AvgIpc) is 2.34. The number of esters is 1. The van der Waals surface area contributed by atoms with Crippen molar-refractivity contribution in [3.63, 3.8) is 0 Å². The van der Waals surface area contributed by atoms with Gasteiger partial charge < -0.3 is 17.0 Å². The van der Waals surface area contributed by atoms with Crippen molar-refractivity contribution in [2.45, 2.75) is 35.5 Å². The third-order valence-electron chi connectivity index (χ3n) is 3.28. The van der Waals surface area contributed by atoms with Crippen molar-refractivity contribution in [3.8, 4) is 0 Å². The van der Waals surface area contributed by atoms with Gasteiger partial charge in [-0.15, -0.1) is 0 Å². The standard InChI is InChI=1S/C11H16Cl3NO4.K.H/c12-11(13,14)5-19-10(18)8(15)6-1-3-7(4-2-6)9(16)17;;/h6-8H,1-5,15H2,(H,16,17);;/q;+1;-1. The van der Waals surface area contributed by atoms with Crippen molar-refractivity contribution in [1.82, 2.24) is 0 Å². The van der Waals surface area contributed by atoms with E-state index in [9.17, 15) is 9.59 Å². The van der Waals surface area contributed by atoms with Crippen LogP contribution in [0, 0.1) is 11.8 Å². The van der Waals surface area contributed by atoms with Crippen molar-refractivity contribution < 1.29 is 72.2 Å². The number of carboxylic acids is 1. The fourth-order valence-electron chi connectivity index (χ4n) is 2.17. The molecule has 1 saturated carbocycles. The molecule has 0 amide bonds. The molecule has 1 rings (SSSR count). The Balaban J connectivity index is 0. The maximum atomic E-state index is 11.7. The third-order valence-corrected chi connectivity index (χ3v) is 3.61. The van der Waals surface area contributed by atoms with Crippen LogP contribution in [0.5, 0.6) is 0 Å². The number of hydrogen-bond acceptors (Lipinski definition) is 4. The van der Waals surface area contributed by atoms with Gasteiger partial charge in [0.25, 0.3) is 0 Å². The molecule has 3 N–H and O–H groups in total. The van der Waals surface area contributed by atoms with Crippen LogP contribution in [0.4, 0.5) is 0 Å². The maximum Gasteiger partial charge on any atom is 1.00 e. The van der Waals surface area contributed by atoms with Gasteiger partial charge in [-0.3, -0.25) is 9.59 Å². The van der Waals surface area contributed by atoms with Crippen molar-refractivity contribution in [2.75, 3.05) is 6.61 Å². The van der Waals surface area contributed by atoms with Gasteiger partial charge in [0.1, 0.15) is 12.6 Å². The molecule has 112 valence electrons. The molecule has 5 nitrogen and oxygen atoms in total. The van der Waals surface area contributed by atoms with Crippen LogP contribution in [-0.4, -0.2) is 33.5 Å². The SMILES string of the molecule is NC(C(=O)OCC(Cl)(Cl)Cl)C1CCC(C(=O)O)CC1.[H-].[K+]. The van der Waals surface area contributed by atoms with Gasteiger partial charge in [-0.25, -0.2) is 0 Å². The zero-order chi connectivity index (χ0) is 14.6. The first-order valence-corrected chi connectivity index (χ1v) is 7.06. The summed E-state index contributed by atoms with van der Waals surface area (Å²) >= 11 is 16.4. The Labute approximate surface area is 176 Å². The van der Waals surface area contributed by atoms with E-state index in [1.807, 2.05) is 0 Å². The summed E-state index contributed by atoms with van der Waals surface area (Å²) < 4.78 is 3.16. The Morgan fingerprint density at radius 2 is 1.80 bits per heavy atom. The van der Waals surface area contributed by atoms with Gasteiger partial charge in [0.05, 0.1) is 5.92 Å². The second-order valence-electron chi connectivity index (χ2n) is 4.70. The van der Waals surface area contributed by atoms with Crippen molar-refractivity contribution in [1.29, 1.82) is 0 Å². The zero-order valence-corrected chi connectivity index (χ0v) is 16.5. The minimum atomic E-state index is -1.66. The van der Waals surface area contributed by atoms with Gasteiger partial charge in [0.2, 0.25) is 3.79 Å². The smallest absolute Gasteiger partial charge is 1.00 e. The molecule has 9 heteroatoms. The first kappa shape index (κ1) is 21.4. The number of aliphatic carboxylic acids is 1. The van der Waals surface area contributed by atoms with E-state index in [0.717, 1.165) is 0 Å². The average molecular weight is 373 g/mol. The number of carbonyl (C=O) groups excluding carboxylic acids is 1. The van der Waals surface area contributed by atoms with Crippen LogP contribution in [-0.2, 0) is 14.3 Å². The number of hydrogen-bond donors (Lipinski definition) is 2. The molecule has 0 saturated heterocycles. The topological polar surface area (TPSA) is 89.6 Å². The monoisotopic (exact) mass is 371 g/mol. The number of carboxylic acid groups (broad SMARTS) is 1. The summed E-state index contributed by atoms with van der Waals surface area (Å²) in [6.07, 6.45) is 2.21. The molecule has 20 heavy (non-hydrogen) atoms. The van der Waals surface area contributed by atoms with Crippen LogP contribution in [0.2, 0.25) is 0 Å². The second kappa shape index (κ2) is 9.52. The third kappa shape index (κ3) is 7.60. The molecule has 0 bridgehead atoms. The van der Waals surface area contributed by atoms with Crippen molar-refractivity contribution in [3.05, 3.63) is 0 Å². The molecule has 0 aromatic rings. The van der Waals surface area contributed by atoms with E-state index in [1.165, 1.54) is 0 Å². The van der Waals surface area contributed by atoms with E-state index in [0.29, 0.717) is 25.7 Å². The summed E-state index contributed by atoms with van der Waals surface area (Å²) in [6, 6.07) is -0.804. The van der Waals surface area contributed by atoms with Gasteiger partial charge in [-0.05, 0) is 31.6 Å². The van der Waals surface area contributed by atoms with E-state index in [1.54, 1.807) is 0 Å². The zero-order valence-electron chi connectivity index (χ0n) is 12.2. The fraction of sp³-hybridized carbons (Fsp3) is 0.818. The summed E-state index contributed by atoms with van der Waals surface area (Å²) in [4.78, 5) is 22.5. The molecular formula is C11H17Cl3KNO4. The van der Waals surface area contributed by atoms with Gasteiger partial charge in [0, 0.05) is 0 Å². The largest absolute Gasteiger partial charge is 1.00 e. The van der Waals surface area contributed by atoms with Crippen LogP contribution in [0.15, 0.2) is 0 Å². The molecule has 0 aromatic heterocycles. The Kier molecular flexibility index (Phi) is 10.2. The summed E-state index contributed by atoms with van der Waals surface area (Å²) in [5, 5.41) is 8.88. The van der Waals surface area contributed by atoms with E-state index in [2.05, 4.69) is 0 Å². The molecular weight excluding hydrogens is 356 g/mol. The molecule has 1 fully saturated rings. The van der Waals surface area contributed by atoms with E-state index < -0.39 is 21.8 Å². The quantitative estimate of drug-likeness (QED) is 0.384. The molecule has 0 aromatic carbocycles. The van der Waals surface area contributed by atoms with Crippen LogP contribution in [0.3, 0.4) is 0 Å². The number of halogens is 3. The number of ether oxygens (including phenoxy) is 1. The second-order valence-corrected chi connectivity index (χ2v) is 7.21. The van der Waals surface area contributed by atoms with Crippen LogP contribution in [0.1, 0.15) is 27.1 Å². The van der Waals surface area contributed by atoms with E-state index in [4.69, 9.17) is 50.4 Å². The fourth-order valence-corrected chi connectivity index (χ4v) is 2.33. The van der Waals surface area contributed by atoms with Gasteiger partial charge in [-0.2, -0.15) is 0 Å². The Hall–Kier alpha value is 1.41. The summed E-state index contributed by atoms with van der Waals surface area (Å²) in [7, 11) is 0. The normalized spacial score (nSPS) is 24.4. The first-order chi connectivity index (χ1) is 8.70. The molecule has 1 atom stereocenters. The summed E-state index contributed by atoms with van der Waals surface area (Å²) in [6.45, 7) is -0.353. The number of nitrogens with two attached hydrogens (primary N) is 1. The number of alkyl halides is 3. The predicted molar refractivity (Wildman–Crippen MR) is 73.4 cm³/mol. The molecule has 1 unspecified atom stereocenters. The molecule has 0 spiro atoms. The van der Waals surface area contributed by atoms with Gasteiger partial charge >= 0.3 is 63.3 Å². The van der Waals surface area contributed by atoms with Crippen molar-refractivity contribution >= 4 is 46.7 Å². The van der Waals surface area contributed by atoms with Gasteiger partial charge in [0.15, 0.2) is 0 Å². The minimum absolute atomic E-state index is 0. The molecule has 0 heterocycles. The number of carbonyl (C=O) groups is 2. The van der Waals surface area contributed by atoms with Gasteiger partial charge in [-0.1, -0.05) is 34.8 Å². The van der Waals surface area contributed by atoms with Crippen LogP contribution >= 0.6 is 34.8 Å². The molecule has 0 aliphatic heterocycles. The number of rotatable bonds is 4. The minimum Gasteiger partial charge on any atom is -1.00 e. The molecule has 0 radical (unpaired) electrons. The van der Waals surface area contributed by atoms with Crippen molar-refractivity contribution in [2.24, 2.45) is 17.6 Å². The first-order valence-electron chi connectivity index (χ1n) is 5.92. The Morgan fingerprint density at radius 1 is 1.30 bits per heavy atom. The van der Waals surface area contributed by atoms with Crippen LogP contribution in [0.25, 0.3) is 0 Å². The van der Waals surface area contributed by atoms with E-state index >= 15 is 0 Å². The molecule has 1 aliphatic carbocycles. The molecule has 1 aliphatic rings. The Morgan fingerprint density at radius 3 is 2.20 bits per heavy atom.